The molecule has 0 amide bonds. The van der Waals surface area contributed by atoms with Crippen LogP contribution in [0.3, 0.4) is 0 Å². The van der Waals surface area contributed by atoms with Crippen molar-refractivity contribution < 1.29 is 24.4 Å². The first-order chi connectivity index (χ1) is 9.56. The Labute approximate surface area is 116 Å². The number of benzene rings is 2. The van der Waals surface area contributed by atoms with E-state index >= 15 is 0 Å². The highest BCUT2D eigenvalue weighted by molar-refractivity contribution is 7.34. The molecule has 5 nitrogen and oxygen atoms in total. The fraction of sp³-hybridized carbons (Fsp3) is 0. The highest BCUT2D eigenvalue weighted by atomic mass is 31.1. The zero-order valence-corrected chi connectivity index (χ0v) is 11.2. The SMILES string of the molecule is O=C(O)c1ccccc1C(=O)O.O=Pc1ccccc1. The molecule has 0 saturated carbocycles. The Bertz CT molecular complexity index is 577. The third-order valence-electron chi connectivity index (χ3n) is 2.25. The van der Waals surface area contributed by atoms with Gasteiger partial charge in [-0.15, -0.1) is 0 Å². The molecule has 102 valence electrons. The minimum atomic E-state index is -1.23. The van der Waals surface area contributed by atoms with Crippen LogP contribution in [0.4, 0.5) is 0 Å². The number of carboxylic acids is 2. The normalized spacial score (nSPS) is 9.40. The highest BCUT2D eigenvalue weighted by Crippen LogP contribution is 2.07. The molecule has 20 heavy (non-hydrogen) atoms. The fourth-order valence-corrected chi connectivity index (χ4v) is 1.64. The van der Waals surface area contributed by atoms with Gasteiger partial charge in [-0.3, -0.25) is 4.57 Å². The standard InChI is InChI=1S/C8H6O4.C6H5OP/c9-7(10)5-3-1-2-4-6(5)8(11)12;7-8-6-4-2-1-3-5-6/h1-4H,(H,9,10)(H,11,12);1-5H. The van der Waals surface area contributed by atoms with Crippen LogP contribution in [0.15, 0.2) is 54.6 Å². The zero-order valence-electron chi connectivity index (χ0n) is 10.3. The lowest BCUT2D eigenvalue weighted by atomic mass is 10.1. The summed E-state index contributed by atoms with van der Waals surface area (Å²) in [6, 6.07) is 14.7. The average molecular weight is 290 g/mol. The summed E-state index contributed by atoms with van der Waals surface area (Å²) >= 11 is 0. The molecule has 0 unspecified atom stereocenters. The van der Waals surface area contributed by atoms with Crippen molar-refractivity contribution >= 4 is 25.7 Å². The molecule has 0 saturated heterocycles. The van der Waals surface area contributed by atoms with Gasteiger partial charge in [-0.05, 0) is 24.3 Å². The quantitative estimate of drug-likeness (QED) is 0.848. The summed E-state index contributed by atoms with van der Waals surface area (Å²) in [7, 11) is 0.0994. The molecular formula is C14H11O5P. The van der Waals surface area contributed by atoms with E-state index in [9.17, 15) is 14.2 Å². The maximum Gasteiger partial charge on any atom is 0.336 e. The Morgan fingerprint density at radius 3 is 1.45 bits per heavy atom. The first kappa shape index (κ1) is 15.5. The van der Waals surface area contributed by atoms with Gasteiger partial charge in [0.1, 0.15) is 0 Å². The van der Waals surface area contributed by atoms with Crippen LogP contribution in [0.1, 0.15) is 20.7 Å². The Balaban J connectivity index is 0.000000217. The van der Waals surface area contributed by atoms with Gasteiger partial charge in [0.25, 0.3) is 0 Å². The Morgan fingerprint density at radius 2 is 1.15 bits per heavy atom. The van der Waals surface area contributed by atoms with E-state index in [1.54, 1.807) is 0 Å². The third kappa shape index (κ3) is 4.63. The number of rotatable bonds is 3. The van der Waals surface area contributed by atoms with Crippen LogP contribution in [-0.2, 0) is 4.57 Å². The van der Waals surface area contributed by atoms with E-state index in [0.29, 0.717) is 0 Å². The summed E-state index contributed by atoms with van der Waals surface area (Å²) in [5, 5.41) is 17.9. The van der Waals surface area contributed by atoms with Crippen LogP contribution in [0.5, 0.6) is 0 Å². The molecule has 2 aromatic carbocycles. The van der Waals surface area contributed by atoms with Crippen LogP contribution >= 0.6 is 8.46 Å². The number of carboxylic acid groups (broad SMARTS) is 2. The number of hydrogen-bond acceptors (Lipinski definition) is 3. The fourth-order valence-electron chi connectivity index (χ4n) is 1.34. The molecule has 0 radical (unpaired) electrons. The van der Waals surface area contributed by atoms with Crippen molar-refractivity contribution in [3.63, 3.8) is 0 Å². The monoisotopic (exact) mass is 290 g/mol. The Hall–Kier alpha value is -2.52. The van der Waals surface area contributed by atoms with Gasteiger partial charge in [-0.1, -0.05) is 30.3 Å². The first-order valence-corrected chi connectivity index (χ1v) is 6.31. The van der Waals surface area contributed by atoms with Crippen molar-refractivity contribution in [2.24, 2.45) is 0 Å². The van der Waals surface area contributed by atoms with Crippen LogP contribution in [0, 0.1) is 0 Å². The third-order valence-corrected chi connectivity index (χ3v) is 2.76. The molecule has 0 atom stereocenters. The minimum Gasteiger partial charge on any atom is -0.478 e. The molecule has 0 heterocycles. The molecule has 2 aromatic rings. The van der Waals surface area contributed by atoms with Crippen molar-refractivity contribution in [2.45, 2.75) is 0 Å². The molecule has 0 aromatic heterocycles. The minimum absolute atomic E-state index is 0.0994. The first-order valence-electron chi connectivity index (χ1n) is 5.50. The molecule has 0 aliphatic heterocycles. The largest absolute Gasteiger partial charge is 0.478 e. The van der Waals surface area contributed by atoms with Crippen molar-refractivity contribution in [1.29, 1.82) is 0 Å². The van der Waals surface area contributed by atoms with Crippen molar-refractivity contribution in [3.05, 3.63) is 65.7 Å². The maximum atomic E-state index is 10.5. The second-order valence-corrected chi connectivity index (χ2v) is 4.28. The summed E-state index contributed by atoms with van der Waals surface area (Å²) in [6.07, 6.45) is 0. The predicted molar refractivity (Wildman–Crippen MR) is 74.0 cm³/mol. The lowest BCUT2D eigenvalue weighted by Gasteiger charge is -1.98. The van der Waals surface area contributed by atoms with Gasteiger partial charge in [0.2, 0.25) is 0 Å². The van der Waals surface area contributed by atoms with Crippen LogP contribution < -0.4 is 5.30 Å². The summed E-state index contributed by atoms with van der Waals surface area (Å²) in [6.45, 7) is 0. The number of carbonyl (C=O) groups is 2. The lowest BCUT2D eigenvalue weighted by Crippen LogP contribution is -2.06. The predicted octanol–water partition coefficient (Wildman–Crippen LogP) is 2.69. The molecule has 2 rings (SSSR count). The summed E-state index contributed by atoms with van der Waals surface area (Å²) < 4.78 is 10.1. The molecule has 6 heteroatoms. The molecule has 0 fully saturated rings. The van der Waals surface area contributed by atoms with E-state index in [4.69, 9.17) is 10.2 Å². The highest BCUT2D eigenvalue weighted by Gasteiger charge is 2.13. The van der Waals surface area contributed by atoms with Gasteiger partial charge >= 0.3 is 11.9 Å². The smallest absolute Gasteiger partial charge is 0.336 e. The Kier molecular flexibility index (Phi) is 6.07. The molecule has 0 aliphatic rings. The summed E-state index contributed by atoms with van der Waals surface area (Å²) in [5.41, 5.74) is -0.380. The van der Waals surface area contributed by atoms with E-state index in [1.165, 1.54) is 24.3 Å². The lowest BCUT2D eigenvalue weighted by molar-refractivity contribution is 0.0651. The van der Waals surface area contributed by atoms with Gasteiger partial charge < -0.3 is 10.2 Å². The van der Waals surface area contributed by atoms with E-state index < -0.39 is 11.9 Å². The van der Waals surface area contributed by atoms with Crippen LogP contribution in [0.25, 0.3) is 0 Å². The van der Waals surface area contributed by atoms with Crippen LogP contribution in [0.2, 0.25) is 0 Å². The molecule has 0 bridgehead atoms. The van der Waals surface area contributed by atoms with Crippen molar-refractivity contribution in [1.82, 2.24) is 0 Å². The van der Waals surface area contributed by atoms with E-state index in [1.807, 2.05) is 30.3 Å². The van der Waals surface area contributed by atoms with E-state index in [0.717, 1.165) is 5.30 Å². The Morgan fingerprint density at radius 1 is 0.750 bits per heavy atom. The summed E-state index contributed by atoms with van der Waals surface area (Å²) in [4.78, 5) is 20.9. The van der Waals surface area contributed by atoms with Gasteiger partial charge in [-0.25, -0.2) is 9.59 Å². The second kappa shape index (κ2) is 7.81. The number of aromatic carboxylic acids is 2. The van der Waals surface area contributed by atoms with Crippen LogP contribution in [-0.4, -0.2) is 22.2 Å². The zero-order chi connectivity index (χ0) is 15.0. The second-order valence-electron chi connectivity index (χ2n) is 3.58. The molecule has 0 spiro atoms. The van der Waals surface area contributed by atoms with Crippen molar-refractivity contribution in [3.8, 4) is 0 Å². The number of hydrogen-bond donors (Lipinski definition) is 2. The van der Waals surface area contributed by atoms with Gasteiger partial charge in [0, 0.05) is 5.30 Å². The molecular weight excluding hydrogens is 279 g/mol. The van der Waals surface area contributed by atoms with E-state index in [2.05, 4.69) is 0 Å². The van der Waals surface area contributed by atoms with Gasteiger partial charge in [0.15, 0.2) is 8.46 Å². The average Bonchev–Trinajstić information content (AvgIpc) is 2.48. The summed E-state index contributed by atoms with van der Waals surface area (Å²) in [5.74, 6) is -2.46. The topological polar surface area (TPSA) is 91.7 Å². The van der Waals surface area contributed by atoms with Gasteiger partial charge in [0.05, 0.1) is 11.1 Å². The van der Waals surface area contributed by atoms with E-state index in [-0.39, 0.29) is 19.6 Å². The maximum absolute atomic E-state index is 10.5. The molecule has 0 aliphatic carbocycles. The van der Waals surface area contributed by atoms with Crippen molar-refractivity contribution in [2.75, 3.05) is 0 Å². The van der Waals surface area contributed by atoms with Gasteiger partial charge in [-0.2, -0.15) is 0 Å². The molecule has 2 N–H and O–H groups in total.